The number of aliphatic imine (C=N–C) groups is 2. The number of carboxylic acid groups (broad SMARTS) is 3. The zero-order valence-corrected chi connectivity index (χ0v) is 89.2. The van der Waals surface area contributed by atoms with Gasteiger partial charge < -0.3 is 101 Å². The minimum absolute atomic E-state index is 0.0546. The van der Waals surface area contributed by atoms with E-state index in [1.54, 1.807) is 129 Å². The van der Waals surface area contributed by atoms with E-state index in [1.165, 1.54) is 17.7 Å². The number of ether oxygens (including phenoxy) is 2. The highest BCUT2D eigenvalue weighted by Crippen LogP contribution is 2.43. The molecule has 788 valence electrons. The summed E-state index contributed by atoms with van der Waals surface area (Å²) in [5.74, 6) is -0.0548. The topological polar surface area (TPSA) is 376 Å². The number of amides is 5. The minimum Gasteiger partial charge on any atom is -0.481 e. The van der Waals surface area contributed by atoms with Gasteiger partial charge in [-0.3, -0.25) is 38.4 Å². The van der Waals surface area contributed by atoms with E-state index < -0.39 is 40.1 Å². The highest BCUT2D eigenvalue weighted by Gasteiger charge is 2.38. The second-order valence-electron chi connectivity index (χ2n) is 42.5. The van der Waals surface area contributed by atoms with Crippen LogP contribution in [0.1, 0.15) is 232 Å². The van der Waals surface area contributed by atoms with Gasteiger partial charge in [-0.15, -0.1) is 9.98 Å². The van der Waals surface area contributed by atoms with Gasteiger partial charge in [0.05, 0.1) is 106 Å². The Kier molecular flexibility index (Phi) is 39.7. The first-order chi connectivity index (χ1) is 70.8. The fourth-order valence-electron chi connectivity index (χ4n) is 18.4. The molecule has 0 bridgehead atoms. The lowest BCUT2D eigenvalue weighted by atomic mass is 9.84. The molecule has 8 heterocycles. The van der Waals surface area contributed by atoms with Crippen molar-refractivity contribution in [3.8, 4) is 0 Å². The van der Waals surface area contributed by atoms with Crippen LogP contribution < -0.4 is 61.7 Å². The number of nitrogens with one attached hydrogen (secondary N) is 7. The molecule has 0 atom stereocenters. The summed E-state index contributed by atoms with van der Waals surface area (Å²) >= 11 is 0. The number of furan rings is 1. The molecule has 5 amide bonds. The van der Waals surface area contributed by atoms with E-state index in [9.17, 15) is 53.7 Å². The van der Waals surface area contributed by atoms with Crippen LogP contribution in [-0.4, -0.2) is 180 Å². The molecule has 5 fully saturated rings. The summed E-state index contributed by atoms with van der Waals surface area (Å²) in [7, 11) is 3.41. The molecule has 7 aliphatic heterocycles. The number of allylic oxidation sites excluding steroid dienone is 6. The van der Waals surface area contributed by atoms with Crippen LogP contribution in [-0.2, 0) is 70.4 Å². The summed E-state index contributed by atoms with van der Waals surface area (Å²) < 4.78 is 15.6. The van der Waals surface area contributed by atoms with E-state index in [4.69, 9.17) is 46.8 Å². The maximum atomic E-state index is 12.9. The second-order valence-corrected chi connectivity index (χ2v) is 42.5. The van der Waals surface area contributed by atoms with Crippen molar-refractivity contribution in [1.29, 1.82) is 0 Å². The van der Waals surface area contributed by atoms with Gasteiger partial charge >= 0.3 is 23.8 Å². The Balaban J connectivity index is 0.000000177. The van der Waals surface area contributed by atoms with Gasteiger partial charge in [-0.1, -0.05) is 102 Å². The van der Waals surface area contributed by atoms with Crippen LogP contribution in [0.25, 0.3) is 24.2 Å². The second kappa shape index (κ2) is 51.7. The zero-order valence-electron chi connectivity index (χ0n) is 89.2. The van der Waals surface area contributed by atoms with Gasteiger partial charge in [0, 0.05) is 128 Å². The summed E-state index contributed by atoms with van der Waals surface area (Å²) in [5, 5.41) is 50.8. The number of anilines is 10. The molecule has 1 aromatic heterocycles. The largest absolute Gasteiger partial charge is 0.481 e. The molecule has 9 aliphatic rings. The fraction of sp³-hybridized carbons (Fsp3) is 0.474. The lowest BCUT2D eigenvalue weighted by Gasteiger charge is -2.35. The number of carbonyl (C=O) groups is 8. The zero-order chi connectivity index (χ0) is 108. The van der Waals surface area contributed by atoms with Crippen molar-refractivity contribution in [2.45, 2.75) is 221 Å². The van der Waals surface area contributed by atoms with Gasteiger partial charge in [0.2, 0.25) is 0 Å². The van der Waals surface area contributed by atoms with Crippen molar-refractivity contribution in [3.05, 3.63) is 264 Å². The minimum atomic E-state index is -1.05. The van der Waals surface area contributed by atoms with Crippen LogP contribution in [0.15, 0.2) is 188 Å². The van der Waals surface area contributed by atoms with Gasteiger partial charge in [-0.05, 0) is 289 Å². The summed E-state index contributed by atoms with van der Waals surface area (Å²) in [4.78, 5) is 135. The first-order valence-corrected chi connectivity index (χ1v) is 51.4. The number of rotatable bonds is 31. The van der Waals surface area contributed by atoms with Crippen molar-refractivity contribution in [1.82, 2.24) is 10.6 Å². The molecule has 15 rings (SSSR count). The van der Waals surface area contributed by atoms with Crippen molar-refractivity contribution in [2.75, 3.05) is 157 Å². The number of piperidine rings is 5. The number of carbonyl (C=O) groups excluding carboxylic acids is 5. The van der Waals surface area contributed by atoms with Gasteiger partial charge in [0.25, 0.3) is 41.2 Å². The highest BCUT2D eigenvalue weighted by molar-refractivity contribution is 6.45. The Hall–Kier alpha value is -14.8. The highest BCUT2D eigenvalue weighted by atomic mass is 16.5. The van der Waals surface area contributed by atoms with Crippen molar-refractivity contribution >= 4 is 122 Å². The number of carboxylic acids is 3. The fourth-order valence-corrected chi connectivity index (χ4v) is 18.4. The van der Waals surface area contributed by atoms with Gasteiger partial charge in [-0.25, -0.2) is 9.69 Å². The summed E-state index contributed by atoms with van der Waals surface area (Å²) in [6, 6.07) is 31.6. The summed E-state index contributed by atoms with van der Waals surface area (Å²) in [6.07, 6.45) is 22.7. The molecule has 149 heavy (non-hydrogen) atoms. The van der Waals surface area contributed by atoms with Crippen molar-refractivity contribution < 1.29 is 67.6 Å². The van der Waals surface area contributed by atoms with E-state index in [2.05, 4.69) is 183 Å². The molecule has 0 saturated carbocycles. The standard InChI is InChI=1S/C25H34N4O2.C24H33N5O2.C23H27N3O3.C22H26N4O3.C22H25N3O4/c1-18-10-13-29(14-11-18)23-17-20(25(2,3)27-12-15-31-5)7-9-22(23)28-24(30)19-6-8-21(16-19)26-4;1-17-10-13-29(14-11-17)21-16-18(24(2,3)26-12-15-31-5)6-7-19(21)28-23(30)20-8-9-22(25-4)27-20;1-15-9-11-26(12-10-15)20-14-17(23(2,3)22(28)29)6-8-19(20)25-21(27)16-5-7-18(13-16)24-4;1-14-9-11-26(12-10-14)18-13-15(22(2,3)21(28)29)5-6-16(18)25-20(27)17-7-8-19(23-4)24-17;1-14-9-11-25(12-10-14)17-13-15(22(2,3)21(27)28)5-6-16(17)24-20(26)18-7-8-19(23-4)29-18/h7-9,16-18,27H,6,10-15H2,1-3,5H3,(H,28,30);6-7,9,16-17,26H,8,10-15H2,1-3,5H3,(H,28,30);6-8,13-15H,5,9-12H2,1-3H3,(H,25,27)(H,28,29);5-6,8,13-14H,7,9-12H2,1-3H3,(H,25,27)(H,28,29);5-8,13-14H,9-12H2,1-3H3,(H,24,26)(H,27,28). The van der Waals surface area contributed by atoms with Crippen LogP contribution >= 0.6 is 0 Å². The molecule has 0 radical (unpaired) electrons. The molecule has 10 N–H and O–H groups in total. The smallest absolute Gasteiger partial charge is 0.346 e. The van der Waals surface area contributed by atoms with Crippen LogP contribution in [0.4, 0.5) is 62.8 Å². The maximum absolute atomic E-state index is 12.9. The molecule has 33 nitrogen and oxygen atoms in total. The SMILES string of the molecule is [C-]#[N+]C1=CCC(C(=O)Nc2ccc(C(C)(C)C(=O)O)cc2N2CCC(C)CC2)=C1.[C-]#[N+]C1=CCC(C(=O)Nc2ccc(C(C)(C)C(=O)O)cc2N2CCC(C)CC2)=N1.[C-]#[N+]C1=CCC(C(=O)Nc2ccc(C(C)(C)NCCOC)cc2N2CCC(C)CC2)=C1.[C-]#[N+]C1=CCC(C(=O)Nc2ccc(C(C)(C)NCCOC)cc2N2CCC(C)CC2)=N1.[C-]#[N+]c1ccc(C(=O)Nc2ccc(C(C)(C)C(=O)O)cc2N2CCC(C)CC2)o1. The van der Waals surface area contributed by atoms with E-state index >= 15 is 0 Å². The quantitative estimate of drug-likeness (QED) is 0.0143. The lowest BCUT2D eigenvalue weighted by molar-refractivity contribution is -0.143. The molecular weight excluding hydrogens is 1880 g/mol. The van der Waals surface area contributed by atoms with Gasteiger partial charge in [0.1, 0.15) is 0 Å². The average molecular weight is 2030 g/mol. The van der Waals surface area contributed by atoms with E-state index in [0.29, 0.717) is 124 Å². The number of hydrogen-bond donors (Lipinski definition) is 10. The lowest BCUT2D eigenvalue weighted by Crippen LogP contribution is -2.39. The number of benzene rings is 5. The van der Waals surface area contributed by atoms with Crippen LogP contribution in [0.2, 0.25) is 0 Å². The molecule has 2 aliphatic carbocycles. The number of hydrogen-bond acceptors (Lipinski definition) is 20. The predicted molar refractivity (Wildman–Crippen MR) is 589 cm³/mol. The Morgan fingerprint density at radius 3 is 0.866 bits per heavy atom. The van der Waals surface area contributed by atoms with Crippen LogP contribution in [0.5, 0.6) is 0 Å². The normalized spacial score (nSPS) is 16.8. The van der Waals surface area contributed by atoms with Crippen molar-refractivity contribution in [3.63, 3.8) is 0 Å². The molecule has 0 unspecified atom stereocenters. The number of aliphatic carboxylic acids is 3. The molecule has 5 saturated heterocycles. The Labute approximate surface area is 877 Å². The average Bonchev–Trinajstić information content (AvgIpc) is 1.65. The third-order valence-corrected chi connectivity index (χ3v) is 29.5. The predicted octanol–water partition coefficient (Wildman–Crippen LogP) is 21.3. The van der Waals surface area contributed by atoms with Crippen LogP contribution in [0.3, 0.4) is 0 Å². The third-order valence-electron chi connectivity index (χ3n) is 29.5. The molecule has 0 spiro atoms. The van der Waals surface area contributed by atoms with Gasteiger partial charge in [-0.2, -0.15) is 4.85 Å². The van der Waals surface area contributed by atoms with Crippen molar-refractivity contribution in [2.24, 2.45) is 39.6 Å². The summed E-state index contributed by atoms with van der Waals surface area (Å²) in [5.41, 5.74) is 11.8. The maximum Gasteiger partial charge on any atom is 0.346 e. The monoisotopic (exact) mass is 2030 g/mol. The third kappa shape index (κ3) is 30.3. The van der Waals surface area contributed by atoms with E-state index in [-0.39, 0.29) is 58.0 Å². The molecule has 33 heteroatoms. The first-order valence-electron chi connectivity index (χ1n) is 51.4. The molecular formula is C116H145N19O14. The Morgan fingerprint density at radius 1 is 0.356 bits per heavy atom. The van der Waals surface area contributed by atoms with Gasteiger partial charge in [0.15, 0.2) is 28.6 Å². The summed E-state index contributed by atoms with van der Waals surface area (Å²) in [6.45, 7) is 77.1. The van der Waals surface area contributed by atoms with Crippen LogP contribution in [0, 0.1) is 62.5 Å². The molecule has 6 aromatic rings. The molecule has 5 aromatic carbocycles. The first kappa shape index (κ1) is 115. The van der Waals surface area contributed by atoms with E-state index in [1.807, 2.05) is 30.3 Å². The Morgan fingerprint density at radius 2 is 0.624 bits per heavy atom. The Bertz CT molecular complexity index is 6100. The number of methoxy groups -OCH3 is 2. The van der Waals surface area contributed by atoms with E-state index in [0.717, 1.165) is 200 Å². The number of nitrogens with zero attached hydrogens (tertiary/aromatic N) is 12.